The van der Waals surface area contributed by atoms with Gasteiger partial charge in [-0.2, -0.15) is 0 Å². The Balaban J connectivity index is 3.09. The third kappa shape index (κ3) is 0.923. The lowest BCUT2D eigenvalue weighted by Gasteiger charge is -1.70. The van der Waals surface area contributed by atoms with Crippen LogP contribution in [0.5, 0.6) is 0 Å². The standard InChI is InChI=1S/C9H6O2/c10-9-4-2-1-3-7-5-11-6-8(7)9/h1-6H. The predicted molar refractivity (Wildman–Crippen MR) is 42.5 cm³/mol. The summed E-state index contributed by atoms with van der Waals surface area (Å²) < 4.78 is 4.89. The Labute approximate surface area is 63.1 Å². The van der Waals surface area contributed by atoms with Crippen LogP contribution in [0.1, 0.15) is 0 Å². The fourth-order valence-corrected chi connectivity index (χ4v) is 1.03. The van der Waals surface area contributed by atoms with Crippen molar-refractivity contribution < 1.29 is 4.42 Å². The van der Waals surface area contributed by atoms with Gasteiger partial charge in [0.15, 0.2) is 5.43 Å². The van der Waals surface area contributed by atoms with Gasteiger partial charge in [-0.3, -0.25) is 4.79 Å². The molecule has 0 aliphatic carbocycles. The van der Waals surface area contributed by atoms with Gasteiger partial charge in [-0.1, -0.05) is 18.2 Å². The number of fused-ring (bicyclic) bond motifs is 1. The minimum absolute atomic E-state index is 0.00116. The summed E-state index contributed by atoms with van der Waals surface area (Å²) >= 11 is 0. The first-order valence-electron chi connectivity index (χ1n) is 3.33. The second-order valence-corrected chi connectivity index (χ2v) is 2.32. The van der Waals surface area contributed by atoms with E-state index in [9.17, 15) is 4.79 Å². The van der Waals surface area contributed by atoms with Crippen LogP contribution in [-0.4, -0.2) is 0 Å². The smallest absolute Gasteiger partial charge is 0.189 e. The molecule has 2 rings (SSSR count). The number of hydrogen-bond acceptors (Lipinski definition) is 2. The molecule has 1 aromatic heterocycles. The van der Waals surface area contributed by atoms with Gasteiger partial charge in [0.2, 0.25) is 0 Å². The van der Waals surface area contributed by atoms with Gasteiger partial charge in [-0.05, 0) is 6.07 Å². The van der Waals surface area contributed by atoms with E-state index >= 15 is 0 Å². The number of furan rings is 1. The Morgan fingerprint density at radius 3 is 2.82 bits per heavy atom. The van der Waals surface area contributed by atoms with Gasteiger partial charge >= 0.3 is 0 Å². The van der Waals surface area contributed by atoms with Gasteiger partial charge in [0.1, 0.15) is 6.26 Å². The molecular formula is C9H6O2. The monoisotopic (exact) mass is 146 g/mol. The third-order valence-electron chi connectivity index (χ3n) is 1.59. The summed E-state index contributed by atoms with van der Waals surface area (Å²) in [5, 5.41) is 1.48. The van der Waals surface area contributed by atoms with Crippen LogP contribution in [0.25, 0.3) is 10.8 Å². The highest BCUT2D eigenvalue weighted by Crippen LogP contribution is 2.07. The molecular weight excluding hydrogens is 140 g/mol. The molecule has 0 saturated carbocycles. The Kier molecular flexibility index (Phi) is 1.25. The van der Waals surface area contributed by atoms with Crippen molar-refractivity contribution in [1.29, 1.82) is 0 Å². The quantitative estimate of drug-likeness (QED) is 0.567. The molecule has 0 N–H and O–H groups in total. The van der Waals surface area contributed by atoms with E-state index in [0.717, 1.165) is 5.39 Å². The topological polar surface area (TPSA) is 30.2 Å². The summed E-state index contributed by atoms with van der Waals surface area (Å²) in [5.41, 5.74) is -0.00116. The largest absolute Gasteiger partial charge is 0.471 e. The molecule has 1 heterocycles. The summed E-state index contributed by atoms with van der Waals surface area (Å²) in [6, 6.07) is 6.92. The Hall–Kier alpha value is -1.57. The lowest BCUT2D eigenvalue weighted by molar-refractivity contribution is 0.572. The maximum Gasteiger partial charge on any atom is 0.189 e. The highest BCUT2D eigenvalue weighted by atomic mass is 16.3. The van der Waals surface area contributed by atoms with Crippen molar-refractivity contribution in [1.82, 2.24) is 0 Å². The second-order valence-electron chi connectivity index (χ2n) is 2.32. The SMILES string of the molecule is O=c1ccccc2cocc12. The average Bonchev–Trinajstić information content (AvgIpc) is 2.40. The van der Waals surface area contributed by atoms with E-state index in [1.54, 1.807) is 12.3 Å². The van der Waals surface area contributed by atoms with E-state index in [1.807, 2.05) is 12.1 Å². The molecule has 0 fully saturated rings. The van der Waals surface area contributed by atoms with Crippen LogP contribution < -0.4 is 5.43 Å². The zero-order chi connectivity index (χ0) is 7.68. The Morgan fingerprint density at radius 1 is 1.09 bits per heavy atom. The zero-order valence-electron chi connectivity index (χ0n) is 5.78. The van der Waals surface area contributed by atoms with Crippen molar-refractivity contribution in [2.45, 2.75) is 0 Å². The highest BCUT2D eigenvalue weighted by Gasteiger charge is 1.95. The molecule has 1 aromatic carbocycles. The summed E-state index contributed by atoms with van der Waals surface area (Å²) in [6.45, 7) is 0. The fourth-order valence-electron chi connectivity index (χ4n) is 1.03. The van der Waals surface area contributed by atoms with Crippen molar-refractivity contribution in [2.24, 2.45) is 0 Å². The van der Waals surface area contributed by atoms with Gasteiger partial charge in [-0.25, -0.2) is 0 Å². The van der Waals surface area contributed by atoms with Crippen LogP contribution in [0.3, 0.4) is 0 Å². The van der Waals surface area contributed by atoms with Crippen LogP contribution in [0, 0.1) is 0 Å². The van der Waals surface area contributed by atoms with E-state index in [1.165, 1.54) is 12.3 Å². The lowest BCUT2D eigenvalue weighted by atomic mass is 10.3. The normalized spacial score (nSPS) is 10.2. The maximum absolute atomic E-state index is 11.2. The third-order valence-corrected chi connectivity index (χ3v) is 1.59. The first-order chi connectivity index (χ1) is 5.38. The average molecular weight is 146 g/mol. The minimum Gasteiger partial charge on any atom is -0.471 e. The Morgan fingerprint density at radius 2 is 1.91 bits per heavy atom. The van der Waals surface area contributed by atoms with Crippen LogP contribution >= 0.6 is 0 Å². The van der Waals surface area contributed by atoms with E-state index in [2.05, 4.69) is 0 Å². The van der Waals surface area contributed by atoms with Gasteiger partial charge in [0, 0.05) is 5.39 Å². The highest BCUT2D eigenvalue weighted by molar-refractivity contribution is 5.79. The van der Waals surface area contributed by atoms with Gasteiger partial charge in [0.05, 0.1) is 11.6 Å². The van der Waals surface area contributed by atoms with Crippen molar-refractivity contribution in [2.75, 3.05) is 0 Å². The van der Waals surface area contributed by atoms with E-state index in [-0.39, 0.29) is 5.43 Å². The van der Waals surface area contributed by atoms with Crippen molar-refractivity contribution >= 4 is 10.8 Å². The lowest BCUT2D eigenvalue weighted by Crippen LogP contribution is -1.91. The molecule has 2 aromatic rings. The molecule has 0 atom stereocenters. The van der Waals surface area contributed by atoms with Crippen LogP contribution in [-0.2, 0) is 0 Å². The predicted octanol–water partition coefficient (Wildman–Crippen LogP) is 1.79. The molecule has 0 unspecified atom stereocenters. The molecule has 0 aliphatic rings. The van der Waals surface area contributed by atoms with Crippen LogP contribution in [0.2, 0.25) is 0 Å². The first kappa shape index (κ1) is 6.16. The van der Waals surface area contributed by atoms with E-state index in [0.29, 0.717) is 5.39 Å². The Bertz CT molecular complexity index is 429. The van der Waals surface area contributed by atoms with Crippen molar-refractivity contribution in [3.05, 3.63) is 47.0 Å². The van der Waals surface area contributed by atoms with Crippen molar-refractivity contribution in [3.8, 4) is 0 Å². The molecule has 0 bridgehead atoms. The zero-order valence-corrected chi connectivity index (χ0v) is 5.78. The molecule has 0 saturated heterocycles. The van der Waals surface area contributed by atoms with Gasteiger partial charge < -0.3 is 4.42 Å². The summed E-state index contributed by atoms with van der Waals surface area (Å²) in [4.78, 5) is 11.2. The minimum atomic E-state index is -0.00116. The maximum atomic E-state index is 11.2. The fraction of sp³-hybridized carbons (Fsp3) is 0. The molecule has 0 spiro atoms. The van der Waals surface area contributed by atoms with Gasteiger partial charge in [0.25, 0.3) is 0 Å². The molecule has 2 heteroatoms. The first-order valence-corrected chi connectivity index (χ1v) is 3.33. The molecule has 11 heavy (non-hydrogen) atoms. The molecule has 0 aliphatic heterocycles. The number of hydrogen-bond donors (Lipinski definition) is 0. The molecule has 0 radical (unpaired) electrons. The summed E-state index contributed by atoms with van der Waals surface area (Å²) in [6.07, 6.45) is 3.04. The summed E-state index contributed by atoms with van der Waals surface area (Å²) in [5.74, 6) is 0. The van der Waals surface area contributed by atoms with Crippen LogP contribution in [0.15, 0.2) is 46.0 Å². The molecule has 2 nitrogen and oxygen atoms in total. The second kappa shape index (κ2) is 2.23. The molecule has 0 amide bonds. The molecule has 54 valence electrons. The number of rotatable bonds is 0. The summed E-state index contributed by atoms with van der Waals surface area (Å²) in [7, 11) is 0. The van der Waals surface area contributed by atoms with Crippen molar-refractivity contribution in [3.63, 3.8) is 0 Å². The van der Waals surface area contributed by atoms with E-state index in [4.69, 9.17) is 4.42 Å². The van der Waals surface area contributed by atoms with Gasteiger partial charge in [-0.15, -0.1) is 0 Å². The van der Waals surface area contributed by atoms with Crippen LogP contribution in [0.4, 0.5) is 0 Å². The van der Waals surface area contributed by atoms with E-state index < -0.39 is 0 Å².